The van der Waals surface area contributed by atoms with Gasteiger partial charge in [-0.15, -0.1) is 12.4 Å². The van der Waals surface area contributed by atoms with E-state index in [4.69, 9.17) is 0 Å². The van der Waals surface area contributed by atoms with Crippen molar-refractivity contribution in [2.45, 2.75) is 44.7 Å². The number of carbonyl (C=O) groups excluding carboxylic acids is 1. The first-order valence-electron chi connectivity index (χ1n) is 8.53. The van der Waals surface area contributed by atoms with Crippen LogP contribution in [0.15, 0.2) is 36.4 Å². The maximum Gasteiger partial charge on any atom is 0.222 e. The molecule has 126 valence electrons. The Hall–Kier alpha value is -1.32. The molecule has 2 bridgehead atoms. The van der Waals surface area contributed by atoms with Crippen molar-refractivity contribution in [2.24, 2.45) is 0 Å². The Kier molecular flexibility index (Phi) is 6.67. The van der Waals surface area contributed by atoms with E-state index in [2.05, 4.69) is 46.2 Å². The summed E-state index contributed by atoms with van der Waals surface area (Å²) in [5, 5.41) is 0. The lowest BCUT2D eigenvalue weighted by atomic mass is 10.1. The topological polar surface area (TPSA) is 23.6 Å². The van der Waals surface area contributed by atoms with E-state index in [0.29, 0.717) is 24.4 Å². The number of halogens is 1. The van der Waals surface area contributed by atoms with Gasteiger partial charge in [-0.25, -0.2) is 0 Å². The van der Waals surface area contributed by atoms with Gasteiger partial charge < -0.3 is 4.90 Å². The van der Waals surface area contributed by atoms with Crippen LogP contribution in [0.2, 0.25) is 0 Å². The number of carbonyl (C=O) groups is 1. The summed E-state index contributed by atoms with van der Waals surface area (Å²) in [5.41, 5.74) is 1.26. The molecular weight excluding hydrogens is 308 g/mol. The third-order valence-electron chi connectivity index (χ3n) is 4.87. The molecule has 2 aliphatic heterocycles. The molecule has 0 radical (unpaired) electrons. The first-order chi connectivity index (χ1) is 10.8. The molecule has 2 fully saturated rings. The van der Waals surface area contributed by atoms with Crippen LogP contribution in [0, 0.1) is 0 Å². The van der Waals surface area contributed by atoms with Gasteiger partial charge in [-0.3, -0.25) is 9.69 Å². The van der Waals surface area contributed by atoms with E-state index in [9.17, 15) is 4.79 Å². The Balaban J connectivity index is 0.00000192. The van der Waals surface area contributed by atoms with E-state index in [-0.39, 0.29) is 12.4 Å². The summed E-state index contributed by atoms with van der Waals surface area (Å²) in [6, 6.07) is 11.4. The molecular formula is C19H27ClN2O. The largest absolute Gasteiger partial charge is 0.334 e. The van der Waals surface area contributed by atoms with Gasteiger partial charge in [-0.1, -0.05) is 49.4 Å². The van der Waals surface area contributed by atoms with Gasteiger partial charge in [0.1, 0.15) is 0 Å². The fraction of sp³-hybridized carbons (Fsp3) is 0.526. The van der Waals surface area contributed by atoms with Gasteiger partial charge in [0.15, 0.2) is 0 Å². The number of benzene rings is 1. The molecule has 3 nitrogen and oxygen atoms in total. The molecule has 2 saturated heterocycles. The molecule has 2 atom stereocenters. The van der Waals surface area contributed by atoms with E-state index in [1.54, 1.807) is 0 Å². The van der Waals surface area contributed by atoms with Crippen LogP contribution in [0.4, 0.5) is 0 Å². The highest BCUT2D eigenvalue weighted by Gasteiger charge is 2.41. The van der Waals surface area contributed by atoms with Crippen molar-refractivity contribution in [1.29, 1.82) is 0 Å². The van der Waals surface area contributed by atoms with Crippen molar-refractivity contribution in [3.8, 4) is 0 Å². The highest BCUT2D eigenvalue weighted by Crippen LogP contribution is 2.30. The first-order valence-corrected chi connectivity index (χ1v) is 8.53. The van der Waals surface area contributed by atoms with Gasteiger partial charge in [0.2, 0.25) is 5.91 Å². The lowest BCUT2D eigenvalue weighted by molar-refractivity contribution is -0.136. The van der Waals surface area contributed by atoms with Crippen molar-refractivity contribution >= 4 is 24.4 Å². The Morgan fingerprint density at radius 1 is 1.17 bits per heavy atom. The van der Waals surface area contributed by atoms with Crippen LogP contribution in [0.5, 0.6) is 0 Å². The minimum absolute atomic E-state index is 0. The fourth-order valence-electron chi connectivity index (χ4n) is 3.80. The Morgan fingerprint density at radius 2 is 1.83 bits per heavy atom. The lowest BCUT2D eigenvalue weighted by Crippen LogP contribution is -2.55. The smallest absolute Gasteiger partial charge is 0.222 e. The average molecular weight is 335 g/mol. The third kappa shape index (κ3) is 4.36. The number of hydrogen-bond acceptors (Lipinski definition) is 2. The standard InChI is InChI=1S/C19H26N2O.ClH/c1-2-19(22)21-17-11-12-18(21)15-20(14-17)13-7-6-10-16-8-4-3-5-9-16;/h3-6,8-10,17-18H,2,7,11-15H2,1H3;1H/b10-6+;. The number of amides is 1. The minimum atomic E-state index is 0. The zero-order chi connectivity index (χ0) is 15.4. The number of likely N-dealkylation sites (tertiary alicyclic amines) is 1. The average Bonchev–Trinajstić information content (AvgIpc) is 2.82. The van der Waals surface area contributed by atoms with Gasteiger partial charge in [-0.2, -0.15) is 0 Å². The van der Waals surface area contributed by atoms with E-state index in [0.717, 1.165) is 26.1 Å². The van der Waals surface area contributed by atoms with Crippen LogP contribution in [-0.2, 0) is 4.79 Å². The zero-order valence-corrected chi connectivity index (χ0v) is 14.7. The summed E-state index contributed by atoms with van der Waals surface area (Å²) in [5.74, 6) is 0.344. The molecule has 0 aliphatic carbocycles. The Bertz CT molecular complexity index is 517. The predicted molar refractivity (Wildman–Crippen MR) is 97.7 cm³/mol. The summed E-state index contributed by atoms with van der Waals surface area (Å²) in [7, 11) is 0. The molecule has 4 heteroatoms. The predicted octanol–water partition coefficient (Wildman–Crippen LogP) is 3.60. The molecule has 1 aromatic rings. The second-order valence-electron chi connectivity index (χ2n) is 6.40. The first kappa shape index (κ1) is 18.0. The molecule has 2 unspecified atom stereocenters. The summed E-state index contributed by atoms with van der Waals surface area (Å²) >= 11 is 0. The van der Waals surface area contributed by atoms with Gasteiger partial charge in [0.05, 0.1) is 0 Å². The molecule has 2 heterocycles. The third-order valence-corrected chi connectivity index (χ3v) is 4.87. The van der Waals surface area contributed by atoms with Crippen LogP contribution >= 0.6 is 12.4 Å². The van der Waals surface area contributed by atoms with Gasteiger partial charge in [0, 0.05) is 38.1 Å². The molecule has 23 heavy (non-hydrogen) atoms. The second-order valence-corrected chi connectivity index (χ2v) is 6.40. The molecule has 0 saturated carbocycles. The van der Waals surface area contributed by atoms with E-state index in [1.807, 2.05) is 13.0 Å². The van der Waals surface area contributed by atoms with Crippen molar-refractivity contribution in [3.05, 3.63) is 42.0 Å². The van der Waals surface area contributed by atoms with Gasteiger partial charge in [-0.05, 0) is 24.8 Å². The number of rotatable bonds is 5. The highest BCUT2D eigenvalue weighted by atomic mass is 35.5. The molecule has 3 rings (SSSR count). The van der Waals surface area contributed by atoms with Gasteiger partial charge >= 0.3 is 0 Å². The van der Waals surface area contributed by atoms with E-state index in [1.165, 1.54) is 18.4 Å². The lowest BCUT2D eigenvalue weighted by Gasteiger charge is -2.41. The molecule has 0 N–H and O–H groups in total. The van der Waals surface area contributed by atoms with Crippen molar-refractivity contribution in [2.75, 3.05) is 19.6 Å². The normalized spacial score (nSPS) is 24.0. The highest BCUT2D eigenvalue weighted by molar-refractivity contribution is 5.85. The maximum atomic E-state index is 12.0. The Morgan fingerprint density at radius 3 is 2.43 bits per heavy atom. The second kappa shape index (κ2) is 8.51. The van der Waals surface area contributed by atoms with E-state index < -0.39 is 0 Å². The summed E-state index contributed by atoms with van der Waals surface area (Å²) in [6.45, 7) is 5.19. The Labute approximate surface area is 145 Å². The molecule has 1 aromatic carbocycles. The molecule has 0 spiro atoms. The van der Waals surface area contributed by atoms with Gasteiger partial charge in [0.25, 0.3) is 0 Å². The van der Waals surface area contributed by atoms with Crippen molar-refractivity contribution in [3.63, 3.8) is 0 Å². The molecule has 1 amide bonds. The number of hydrogen-bond donors (Lipinski definition) is 0. The molecule has 0 aromatic heterocycles. The van der Waals surface area contributed by atoms with Crippen LogP contribution in [0.1, 0.15) is 38.2 Å². The maximum absolute atomic E-state index is 12.0. The van der Waals surface area contributed by atoms with Crippen molar-refractivity contribution in [1.82, 2.24) is 9.80 Å². The molecule has 2 aliphatic rings. The SMILES string of the molecule is CCC(=O)N1C2CCC1CN(CC/C=C/c1ccccc1)C2.Cl. The summed E-state index contributed by atoms with van der Waals surface area (Å²) in [4.78, 5) is 16.8. The summed E-state index contributed by atoms with van der Waals surface area (Å²) < 4.78 is 0. The van der Waals surface area contributed by atoms with E-state index >= 15 is 0 Å². The minimum Gasteiger partial charge on any atom is -0.334 e. The van der Waals surface area contributed by atoms with Crippen LogP contribution in [0.25, 0.3) is 6.08 Å². The quantitative estimate of drug-likeness (QED) is 0.821. The summed E-state index contributed by atoms with van der Waals surface area (Å²) in [6.07, 6.45) is 8.56. The zero-order valence-electron chi connectivity index (χ0n) is 13.9. The number of piperazine rings is 1. The van der Waals surface area contributed by atoms with Crippen LogP contribution in [-0.4, -0.2) is 47.4 Å². The van der Waals surface area contributed by atoms with Crippen molar-refractivity contribution < 1.29 is 4.79 Å². The number of fused-ring (bicyclic) bond motifs is 2. The monoisotopic (exact) mass is 334 g/mol. The van der Waals surface area contributed by atoms with Crippen LogP contribution in [0.3, 0.4) is 0 Å². The van der Waals surface area contributed by atoms with Crippen LogP contribution < -0.4 is 0 Å². The fourth-order valence-corrected chi connectivity index (χ4v) is 3.80. The number of nitrogens with zero attached hydrogens (tertiary/aromatic N) is 2.